The topological polar surface area (TPSA) is 91.2 Å². The molecule has 9 nitrogen and oxygen atoms in total. The number of amides is 3. The molecule has 0 aliphatic carbocycles. The standard InChI is InChI=1S/C44H45F3N6O3/c1-33(54)50-25-27-51(28-26-50)40-18-13-38(14-19-40)32-53(42(55)20-15-34-11-16-39(17-12-34)44(45,46)47)41(29-35-5-3-2-4-6-35)43(56)52-23-21-49(22-24-52)31-37-9-7-36(30-48)8-10-37/h2-20,41H,21-29,31-32H2,1H3/b20-15+/t41-/m0/s1. The Labute approximate surface area is 325 Å². The fourth-order valence-corrected chi connectivity index (χ4v) is 7.12. The van der Waals surface area contributed by atoms with Crippen LogP contribution in [0.2, 0.25) is 0 Å². The van der Waals surface area contributed by atoms with Crippen LogP contribution in [0, 0.1) is 11.3 Å². The van der Waals surface area contributed by atoms with E-state index in [2.05, 4.69) is 15.9 Å². The van der Waals surface area contributed by atoms with Crippen molar-refractivity contribution in [2.45, 2.75) is 38.7 Å². The Morgan fingerprint density at radius 2 is 1.36 bits per heavy atom. The van der Waals surface area contributed by atoms with Gasteiger partial charge in [0.15, 0.2) is 0 Å². The molecule has 2 aliphatic rings. The number of anilines is 1. The smallest absolute Gasteiger partial charge is 0.368 e. The molecule has 0 aromatic heterocycles. The zero-order valence-corrected chi connectivity index (χ0v) is 31.4. The Morgan fingerprint density at radius 1 is 0.750 bits per heavy atom. The zero-order chi connectivity index (χ0) is 39.7. The first-order valence-electron chi connectivity index (χ1n) is 18.8. The van der Waals surface area contributed by atoms with Gasteiger partial charge in [0.05, 0.1) is 17.2 Å². The molecule has 2 heterocycles. The number of nitriles is 1. The Hall–Kier alpha value is -5.93. The van der Waals surface area contributed by atoms with Crippen molar-refractivity contribution in [1.82, 2.24) is 19.6 Å². The van der Waals surface area contributed by atoms with Gasteiger partial charge < -0.3 is 19.6 Å². The molecule has 56 heavy (non-hydrogen) atoms. The molecule has 12 heteroatoms. The molecule has 0 spiro atoms. The molecule has 4 aromatic rings. The fourth-order valence-electron chi connectivity index (χ4n) is 7.12. The van der Waals surface area contributed by atoms with Crippen molar-refractivity contribution in [3.8, 4) is 6.07 Å². The zero-order valence-electron chi connectivity index (χ0n) is 31.4. The van der Waals surface area contributed by atoms with Crippen molar-refractivity contribution in [1.29, 1.82) is 5.26 Å². The average Bonchev–Trinajstić information content (AvgIpc) is 3.22. The van der Waals surface area contributed by atoms with Crippen LogP contribution in [0.15, 0.2) is 109 Å². The van der Waals surface area contributed by atoms with Gasteiger partial charge in [-0.3, -0.25) is 19.3 Å². The van der Waals surface area contributed by atoms with Crippen LogP contribution in [-0.4, -0.2) is 95.7 Å². The Bertz CT molecular complexity index is 2010. The molecule has 2 fully saturated rings. The van der Waals surface area contributed by atoms with E-state index in [4.69, 9.17) is 5.26 Å². The number of alkyl halides is 3. The molecule has 3 amide bonds. The van der Waals surface area contributed by atoms with Crippen molar-refractivity contribution in [3.63, 3.8) is 0 Å². The number of hydrogen-bond donors (Lipinski definition) is 0. The highest BCUT2D eigenvalue weighted by Crippen LogP contribution is 2.29. The summed E-state index contributed by atoms with van der Waals surface area (Å²) in [6, 6.07) is 30.7. The SMILES string of the molecule is CC(=O)N1CCN(c2ccc(CN(C(=O)/C=C/c3ccc(C(F)(F)F)cc3)[C@@H](Cc3ccccc3)C(=O)N3CCN(Cc4ccc(C#N)cc4)CC3)cc2)CC1. The number of benzene rings is 4. The Balaban J connectivity index is 1.24. The van der Waals surface area contributed by atoms with E-state index in [1.165, 1.54) is 24.3 Å². The van der Waals surface area contributed by atoms with E-state index < -0.39 is 23.7 Å². The van der Waals surface area contributed by atoms with Crippen molar-refractivity contribution in [3.05, 3.63) is 143 Å². The predicted octanol–water partition coefficient (Wildman–Crippen LogP) is 6.24. The van der Waals surface area contributed by atoms with Crippen molar-refractivity contribution < 1.29 is 27.6 Å². The second kappa shape index (κ2) is 18.1. The monoisotopic (exact) mass is 762 g/mol. The summed E-state index contributed by atoms with van der Waals surface area (Å²) >= 11 is 0. The van der Waals surface area contributed by atoms with E-state index in [-0.39, 0.29) is 24.8 Å². The number of halogens is 3. The number of piperazine rings is 2. The molecule has 0 radical (unpaired) electrons. The Kier molecular flexibility index (Phi) is 12.9. The molecule has 290 valence electrons. The maximum Gasteiger partial charge on any atom is 0.416 e. The normalized spacial score (nSPS) is 15.7. The number of rotatable bonds is 11. The minimum atomic E-state index is -4.48. The van der Waals surface area contributed by atoms with Gasteiger partial charge in [-0.2, -0.15) is 18.4 Å². The maximum atomic E-state index is 14.6. The molecule has 4 aromatic carbocycles. The van der Waals surface area contributed by atoms with Gasteiger partial charge in [-0.05, 0) is 64.7 Å². The van der Waals surface area contributed by atoms with Crippen LogP contribution in [0.1, 0.15) is 40.3 Å². The molecular weight excluding hydrogens is 718 g/mol. The third-order valence-electron chi connectivity index (χ3n) is 10.4. The molecule has 0 bridgehead atoms. The van der Waals surface area contributed by atoms with E-state index >= 15 is 0 Å². The van der Waals surface area contributed by atoms with Crippen LogP contribution in [0.3, 0.4) is 0 Å². The molecule has 0 saturated carbocycles. The predicted molar refractivity (Wildman–Crippen MR) is 209 cm³/mol. The molecule has 2 saturated heterocycles. The van der Waals surface area contributed by atoms with E-state index in [0.29, 0.717) is 70.0 Å². The summed E-state index contributed by atoms with van der Waals surface area (Å²) in [5.74, 6) is -0.562. The summed E-state index contributed by atoms with van der Waals surface area (Å²) in [5, 5.41) is 9.15. The van der Waals surface area contributed by atoms with Crippen LogP contribution >= 0.6 is 0 Å². The lowest BCUT2D eigenvalue weighted by Gasteiger charge is -2.39. The third kappa shape index (κ3) is 10.4. The van der Waals surface area contributed by atoms with E-state index in [1.54, 1.807) is 24.0 Å². The second-order valence-corrected chi connectivity index (χ2v) is 14.2. The summed E-state index contributed by atoms with van der Waals surface area (Å²) < 4.78 is 39.7. The number of carbonyl (C=O) groups is 3. The quantitative estimate of drug-likeness (QED) is 0.168. The Morgan fingerprint density at radius 3 is 1.95 bits per heavy atom. The highest BCUT2D eigenvalue weighted by atomic mass is 19.4. The highest BCUT2D eigenvalue weighted by molar-refractivity contribution is 5.96. The van der Waals surface area contributed by atoms with Crippen LogP contribution < -0.4 is 4.90 Å². The van der Waals surface area contributed by atoms with E-state index in [0.717, 1.165) is 34.5 Å². The number of hydrogen-bond acceptors (Lipinski definition) is 6. The molecular formula is C44H45F3N6O3. The lowest BCUT2D eigenvalue weighted by Crippen LogP contribution is -2.56. The average molecular weight is 763 g/mol. The van der Waals surface area contributed by atoms with Gasteiger partial charge >= 0.3 is 6.18 Å². The van der Waals surface area contributed by atoms with Gasteiger partial charge in [-0.1, -0.05) is 66.7 Å². The van der Waals surface area contributed by atoms with Crippen LogP contribution in [0.5, 0.6) is 0 Å². The van der Waals surface area contributed by atoms with Crippen molar-refractivity contribution in [2.24, 2.45) is 0 Å². The van der Waals surface area contributed by atoms with Crippen LogP contribution in [0.25, 0.3) is 6.08 Å². The van der Waals surface area contributed by atoms with E-state index in [9.17, 15) is 27.6 Å². The van der Waals surface area contributed by atoms with Crippen LogP contribution in [0.4, 0.5) is 18.9 Å². The molecule has 1 atom stereocenters. The molecule has 2 aliphatic heterocycles. The molecule has 0 unspecified atom stereocenters. The second-order valence-electron chi connectivity index (χ2n) is 14.2. The summed E-state index contributed by atoms with van der Waals surface area (Å²) in [6.45, 7) is 7.26. The minimum Gasteiger partial charge on any atom is -0.368 e. The van der Waals surface area contributed by atoms with Gasteiger partial charge in [0.2, 0.25) is 17.7 Å². The first-order valence-corrected chi connectivity index (χ1v) is 18.8. The highest BCUT2D eigenvalue weighted by Gasteiger charge is 2.34. The molecule has 0 N–H and O–H groups in total. The summed E-state index contributed by atoms with van der Waals surface area (Å²) in [5.41, 5.74) is 4.00. The third-order valence-corrected chi connectivity index (χ3v) is 10.4. The lowest BCUT2D eigenvalue weighted by atomic mass is 10.0. The van der Waals surface area contributed by atoms with Crippen molar-refractivity contribution in [2.75, 3.05) is 57.3 Å². The fraction of sp³-hybridized carbons (Fsp3) is 0.318. The van der Waals surface area contributed by atoms with Gasteiger partial charge in [0.1, 0.15) is 6.04 Å². The van der Waals surface area contributed by atoms with Gasteiger partial charge in [0.25, 0.3) is 0 Å². The van der Waals surface area contributed by atoms with Gasteiger partial charge in [-0.15, -0.1) is 0 Å². The first-order chi connectivity index (χ1) is 27.0. The van der Waals surface area contributed by atoms with Gasteiger partial charge in [0, 0.05) is 90.6 Å². The minimum absolute atomic E-state index is 0.0571. The lowest BCUT2D eigenvalue weighted by molar-refractivity contribution is -0.145. The maximum absolute atomic E-state index is 14.6. The van der Waals surface area contributed by atoms with E-state index in [1.807, 2.05) is 76.5 Å². The summed E-state index contributed by atoms with van der Waals surface area (Å²) in [7, 11) is 0. The van der Waals surface area contributed by atoms with Crippen LogP contribution in [-0.2, 0) is 40.1 Å². The summed E-state index contributed by atoms with van der Waals surface area (Å²) in [4.78, 5) is 50.4. The summed E-state index contributed by atoms with van der Waals surface area (Å²) in [6.07, 6.45) is -1.41. The van der Waals surface area contributed by atoms with Gasteiger partial charge in [-0.25, -0.2) is 0 Å². The largest absolute Gasteiger partial charge is 0.416 e. The van der Waals surface area contributed by atoms with Crippen molar-refractivity contribution >= 4 is 29.5 Å². The first kappa shape index (κ1) is 39.8. The number of nitrogens with zero attached hydrogens (tertiary/aromatic N) is 6. The number of carbonyl (C=O) groups excluding carboxylic acids is 3. The molecule has 6 rings (SSSR count).